The maximum atomic E-state index is 11.7. The summed E-state index contributed by atoms with van der Waals surface area (Å²) in [6.45, 7) is 7.48. The second kappa shape index (κ2) is 3.83. The molecule has 4 heteroatoms. The number of ether oxygens (including phenoxy) is 1. The van der Waals surface area contributed by atoms with E-state index < -0.39 is 11.2 Å². The van der Waals surface area contributed by atoms with Crippen LogP contribution in [-0.2, 0) is 9.53 Å². The van der Waals surface area contributed by atoms with Crippen molar-refractivity contribution in [3.8, 4) is 0 Å². The molecule has 0 radical (unpaired) electrons. The number of hydrogen-bond donors (Lipinski definition) is 2. The van der Waals surface area contributed by atoms with Gasteiger partial charge in [-0.1, -0.05) is 6.58 Å². The summed E-state index contributed by atoms with van der Waals surface area (Å²) < 4.78 is 5.35. The Morgan fingerprint density at radius 3 is 2.63 bits per heavy atom. The maximum absolute atomic E-state index is 11.7. The van der Waals surface area contributed by atoms with Crippen molar-refractivity contribution >= 4 is 5.97 Å². The molecule has 2 N–H and O–H groups in total. The lowest BCUT2D eigenvalue weighted by atomic mass is 9.76. The van der Waals surface area contributed by atoms with Gasteiger partial charge in [0.2, 0.25) is 0 Å². The molecule has 1 aliphatic heterocycles. The summed E-state index contributed by atoms with van der Waals surface area (Å²) in [7, 11) is 0. The predicted molar refractivity (Wildman–Crippen MR) is 69.2 cm³/mol. The second-order valence-electron chi connectivity index (χ2n) is 6.98. The highest BCUT2D eigenvalue weighted by Crippen LogP contribution is 2.54. The van der Waals surface area contributed by atoms with Crippen molar-refractivity contribution in [2.24, 2.45) is 17.8 Å². The van der Waals surface area contributed by atoms with Gasteiger partial charge in [-0.05, 0) is 44.9 Å². The Kier molecular flexibility index (Phi) is 2.64. The Balaban J connectivity index is 1.98. The average molecular weight is 266 g/mol. The van der Waals surface area contributed by atoms with Crippen molar-refractivity contribution in [2.75, 3.05) is 0 Å². The van der Waals surface area contributed by atoms with Crippen molar-refractivity contribution in [1.82, 2.24) is 0 Å². The van der Waals surface area contributed by atoms with Crippen LogP contribution in [0.2, 0.25) is 0 Å². The number of rotatable bonds is 0. The Morgan fingerprint density at radius 2 is 1.95 bits per heavy atom. The van der Waals surface area contributed by atoms with Crippen molar-refractivity contribution in [1.29, 1.82) is 0 Å². The lowest BCUT2D eigenvalue weighted by Crippen LogP contribution is -2.41. The van der Waals surface area contributed by atoms with Gasteiger partial charge in [-0.15, -0.1) is 0 Å². The molecule has 0 aromatic rings. The molecule has 0 spiro atoms. The summed E-state index contributed by atoms with van der Waals surface area (Å²) in [6.07, 6.45) is 2.38. The van der Waals surface area contributed by atoms with Gasteiger partial charge in [-0.2, -0.15) is 0 Å². The van der Waals surface area contributed by atoms with E-state index in [1.54, 1.807) is 0 Å². The molecule has 0 aromatic heterocycles. The highest BCUT2D eigenvalue weighted by molar-refractivity contribution is 5.90. The maximum Gasteiger partial charge on any atom is 0.334 e. The standard InChI is InChI=1S/C15H22O4/c1-8-9-6-11-10(4-5-14(11,2)17)15(3,18)7-12(9)19-13(8)16/h9-12,17-18H,1,4-7H2,2-3H3/t9-,10+,11-,12+,14-,15+/m1/s1. The van der Waals surface area contributed by atoms with Gasteiger partial charge in [0.1, 0.15) is 6.10 Å². The highest BCUT2D eigenvalue weighted by Gasteiger charge is 2.57. The van der Waals surface area contributed by atoms with Gasteiger partial charge in [0.15, 0.2) is 0 Å². The Hall–Kier alpha value is -0.870. The molecule has 19 heavy (non-hydrogen) atoms. The largest absolute Gasteiger partial charge is 0.458 e. The van der Waals surface area contributed by atoms with Crippen molar-refractivity contribution in [3.63, 3.8) is 0 Å². The van der Waals surface area contributed by atoms with Crippen LogP contribution in [0.5, 0.6) is 0 Å². The first-order valence-electron chi connectivity index (χ1n) is 7.07. The molecule has 1 saturated heterocycles. The van der Waals surface area contributed by atoms with Crippen molar-refractivity contribution in [2.45, 2.75) is 56.8 Å². The van der Waals surface area contributed by atoms with E-state index in [2.05, 4.69) is 6.58 Å². The van der Waals surface area contributed by atoms with Crippen LogP contribution in [0.4, 0.5) is 0 Å². The summed E-state index contributed by atoms with van der Waals surface area (Å²) in [5, 5.41) is 21.3. The SMILES string of the molecule is C=C1C(=O)O[C@H]2C[C@](C)(O)[C@H]3CC[C@@](C)(O)[C@@H]3C[C@H]12. The molecule has 0 bridgehead atoms. The minimum Gasteiger partial charge on any atom is -0.458 e. The van der Waals surface area contributed by atoms with E-state index in [1.807, 2.05) is 13.8 Å². The average Bonchev–Trinajstić information content (AvgIpc) is 2.66. The van der Waals surface area contributed by atoms with Gasteiger partial charge < -0.3 is 14.9 Å². The van der Waals surface area contributed by atoms with Gasteiger partial charge in [0.25, 0.3) is 0 Å². The van der Waals surface area contributed by atoms with E-state index in [-0.39, 0.29) is 29.8 Å². The van der Waals surface area contributed by atoms with Gasteiger partial charge in [-0.25, -0.2) is 4.79 Å². The smallest absolute Gasteiger partial charge is 0.334 e. The molecule has 106 valence electrons. The third-order valence-electron chi connectivity index (χ3n) is 5.58. The summed E-state index contributed by atoms with van der Waals surface area (Å²) in [5.41, 5.74) is -1.16. The number of fused-ring (bicyclic) bond motifs is 2. The minimum atomic E-state index is -0.893. The molecular weight excluding hydrogens is 244 g/mol. The summed E-state index contributed by atoms with van der Waals surface area (Å²) in [6, 6.07) is 0. The Bertz CT molecular complexity index is 437. The fraction of sp³-hybridized carbons (Fsp3) is 0.800. The molecule has 2 aliphatic carbocycles. The molecule has 0 aromatic carbocycles. The molecule has 3 aliphatic rings. The number of aliphatic hydroxyl groups is 2. The van der Waals surface area contributed by atoms with Crippen LogP contribution in [0, 0.1) is 17.8 Å². The first-order chi connectivity index (χ1) is 8.72. The topological polar surface area (TPSA) is 66.8 Å². The van der Waals surface area contributed by atoms with Gasteiger partial charge in [-0.3, -0.25) is 0 Å². The molecule has 4 nitrogen and oxygen atoms in total. The molecule has 0 amide bonds. The van der Waals surface area contributed by atoms with E-state index in [0.29, 0.717) is 24.8 Å². The highest BCUT2D eigenvalue weighted by atomic mass is 16.6. The second-order valence-corrected chi connectivity index (χ2v) is 6.98. The van der Waals surface area contributed by atoms with Gasteiger partial charge >= 0.3 is 5.97 Å². The quantitative estimate of drug-likeness (QED) is 0.514. The number of carbonyl (C=O) groups is 1. The Labute approximate surface area is 113 Å². The number of hydrogen-bond acceptors (Lipinski definition) is 4. The van der Waals surface area contributed by atoms with Crippen molar-refractivity contribution in [3.05, 3.63) is 12.2 Å². The van der Waals surface area contributed by atoms with E-state index >= 15 is 0 Å². The van der Waals surface area contributed by atoms with E-state index in [0.717, 1.165) is 6.42 Å². The first kappa shape index (κ1) is 13.1. The van der Waals surface area contributed by atoms with E-state index in [1.165, 1.54) is 0 Å². The van der Waals surface area contributed by atoms with Crippen molar-refractivity contribution < 1.29 is 19.7 Å². The van der Waals surface area contributed by atoms with Crippen LogP contribution in [0.25, 0.3) is 0 Å². The summed E-state index contributed by atoms with van der Waals surface area (Å²) >= 11 is 0. The van der Waals surface area contributed by atoms with Gasteiger partial charge in [0.05, 0.1) is 11.2 Å². The zero-order valence-corrected chi connectivity index (χ0v) is 11.6. The molecule has 6 atom stereocenters. The first-order valence-corrected chi connectivity index (χ1v) is 7.07. The monoisotopic (exact) mass is 266 g/mol. The molecule has 3 rings (SSSR count). The Morgan fingerprint density at radius 1 is 1.26 bits per heavy atom. The molecule has 1 heterocycles. The fourth-order valence-corrected chi connectivity index (χ4v) is 4.41. The third kappa shape index (κ3) is 1.84. The van der Waals surface area contributed by atoms with Crippen LogP contribution in [-0.4, -0.2) is 33.5 Å². The minimum absolute atomic E-state index is 0.00347. The summed E-state index contributed by atoms with van der Waals surface area (Å²) in [5.74, 6) is -0.330. The van der Waals surface area contributed by atoms with Crippen LogP contribution >= 0.6 is 0 Å². The molecule has 2 saturated carbocycles. The summed E-state index contributed by atoms with van der Waals surface area (Å²) in [4.78, 5) is 11.7. The zero-order valence-electron chi connectivity index (χ0n) is 11.6. The molecule has 3 fully saturated rings. The lowest BCUT2D eigenvalue weighted by molar-refractivity contribution is -0.142. The van der Waals surface area contributed by atoms with E-state index in [4.69, 9.17) is 4.74 Å². The van der Waals surface area contributed by atoms with Gasteiger partial charge in [0, 0.05) is 17.9 Å². The fourth-order valence-electron chi connectivity index (χ4n) is 4.41. The predicted octanol–water partition coefficient (Wildman–Crippen LogP) is 1.41. The normalized spacial score (nSPS) is 53.5. The molecular formula is C15H22O4. The number of esters is 1. The van der Waals surface area contributed by atoms with E-state index in [9.17, 15) is 15.0 Å². The zero-order chi connectivity index (χ0) is 14.0. The van der Waals surface area contributed by atoms with Crippen LogP contribution in [0.15, 0.2) is 12.2 Å². The van der Waals surface area contributed by atoms with Crippen LogP contribution < -0.4 is 0 Å². The lowest BCUT2D eigenvalue weighted by Gasteiger charge is -2.35. The van der Waals surface area contributed by atoms with Crippen LogP contribution in [0.1, 0.15) is 39.5 Å². The third-order valence-corrected chi connectivity index (χ3v) is 5.58. The number of carbonyl (C=O) groups excluding carboxylic acids is 1. The van der Waals surface area contributed by atoms with Crippen LogP contribution in [0.3, 0.4) is 0 Å². The molecule has 0 unspecified atom stereocenters.